The highest BCUT2D eigenvalue weighted by Gasteiger charge is 2.30. The zero-order valence-corrected chi connectivity index (χ0v) is 15.3. The lowest BCUT2D eigenvalue weighted by atomic mass is 9.95. The normalized spacial score (nSPS) is 16.8. The van der Waals surface area contributed by atoms with Gasteiger partial charge in [-0.25, -0.2) is 4.98 Å². The fourth-order valence-electron chi connectivity index (χ4n) is 3.27. The number of fused-ring (bicyclic) bond motifs is 1. The first-order chi connectivity index (χ1) is 11.5. The van der Waals surface area contributed by atoms with E-state index < -0.39 is 0 Å². The van der Waals surface area contributed by atoms with E-state index in [0.717, 1.165) is 44.5 Å². The molecule has 1 aliphatic rings. The van der Waals surface area contributed by atoms with E-state index in [2.05, 4.69) is 24.1 Å². The van der Waals surface area contributed by atoms with Crippen LogP contribution in [-0.4, -0.2) is 45.4 Å². The minimum Gasteiger partial charge on any atom is -0.354 e. The van der Waals surface area contributed by atoms with Crippen molar-refractivity contribution in [3.63, 3.8) is 0 Å². The molecule has 0 fully saturated rings. The van der Waals surface area contributed by atoms with Crippen LogP contribution >= 0.6 is 0 Å². The molecular weight excluding hydrogens is 304 g/mol. The quantitative estimate of drug-likeness (QED) is 0.831. The van der Waals surface area contributed by atoms with E-state index in [4.69, 9.17) is 0 Å². The fourth-order valence-corrected chi connectivity index (χ4v) is 3.27. The van der Waals surface area contributed by atoms with Crippen molar-refractivity contribution in [2.24, 2.45) is 5.92 Å². The molecule has 0 saturated heterocycles. The number of nitrogens with zero attached hydrogens (tertiary/aromatic N) is 3. The van der Waals surface area contributed by atoms with Crippen LogP contribution in [0.15, 0.2) is 6.33 Å². The lowest BCUT2D eigenvalue weighted by Crippen LogP contribution is -2.39. The van der Waals surface area contributed by atoms with E-state index in [1.54, 1.807) is 6.33 Å². The van der Waals surface area contributed by atoms with Crippen molar-refractivity contribution in [3.05, 3.63) is 17.7 Å². The highest BCUT2D eigenvalue weighted by Crippen LogP contribution is 2.23. The van der Waals surface area contributed by atoms with Crippen LogP contribution in [0.2, 0.25) is 0 Å². The van der Waals surface area contributed by atoms with Gasteiger partial charge in [-0.1, -0.05) is 13.8 Å². The van der Waals surface area contributed by atoms with Crippen molar-refractivity contribution in [2.45, 2.75) is 66.0 Å². The van der Waals surface area contributed by atoms with E-state index in [-0.39, 0.29) is 23.8 Å². The first-order valence-electron chi connectivity index (χ1n) is 9.11. The van der Waals surface area contributed by atoms with Gasteiger partial charge in [0.05, 0.1) is 17.9 Å². The molecule has 6 nitrogen and oxygen atoms in total. The first-order valence-corrected chi connectivity index (χ1v) is 9.11. The first kappa shape index (κ1) is 18.5. The molecule has 1 aliphatic heterocycles. The largest absolute Gasteiger partial charge is 0.354 e. The van der Waals surface area contributed by atoms with Gasteiger partial charge < -0.3 is 14.8 Å². The van der Waals surface area contributed by atoms with Gasteiger partial charge in [-0.3, -0.25) is 9.59 Å². The fraction of sp³-hybridized carbons (Fsp3) is 0.722. The van der Waals surface area contributed by atoms with E-state index in [9.17, 15) is 9.59 Å². The summed E-state index contributed by atoms with van der Waals surface area (Å²) in [6.07, 6.45) is 5.10. The van der Waals surface area contributed by atoms with Crippen molar-refractivity contribution in [2.75, 3.05) is 13.1 Å². The molecular formula is C18H30N4O2. The number of imidazole rings is 1. The number of nitrogens with one attached hydrogen (secondary N) is 1. The Labute approximate surface area is 144 Å². The molecule has 1 unspecified atom stereocenters. The Kier molecular flexibility index (Phi) is 6.40. The molecule has 0 aromatic carbocycles. The lowest BCUT2D eigenvalue weighted by molar-refractivity contribution is -0.126. The maximum atomic E-state index is 12.8. The van der Waals surface area contributed by atoms with Crippen molar-refractivity contribution in [3.8, 4) is 0 Å². The summed E-state index contributed by atoms with van der Waals surface area (Å²) in [6.45, 7) is 10.2. The van der Waals surface area contributed by atoms with E-state index >= 15 is 0 Å². The summed E-state index contributed by atoms with van der Waals surface area (Å²) < 4.78 is 1.98. The van der Waals surface area contributed by atoms with Crippen molar-refractivity contribution in [1.82, 2.24) is 19.8 Å². The summed E-state index contributed by atoms with van der Waals surface area (Å²) in [6, 6.07) is 0.149. The van der Waals surface area contributed by atoms with Gasteiger partial charge in [0, 0.05) is 25.7 Å². The van der Waals surface area contributed by atoms with Crippen LogP contribution in [0.4, 0.5) is 0 Å². The Bertz CT molecular complexity index is 574. The maximum Gasteiger partial charge on any atom is 0.274 e. The van der Waals surface area contributed by atoms with Crippen molar-refractivity contribution < 1.29 is 9.59 Å². The smallest absolute Gasteiger partial charge is 0.274 e. The molecule has 134 valence electrons. The van der Waals surface area contributed by atoms with Gasteiger partial charge in [-0.15, -0.1) is 0 Å². The minimum atomic E-state index is -0.0422. The molecule has 2 amide bonds. The third-order valence-corrected chi connectivity index (χ3v) is 4.37. The number of rotatable bonds is 7. The Balaban J connectivity index is 2.12. The number of hydrogen-bond donors (Lipinski definition) is 1. The second-order valence-electron chi connectivity index (χ2n) is 6.88. The van der Waals surface area contributed by atoms with Gasteiger partial charge in [-0.05, 0) is 39.5 Å². The third kappa shape index (κ3) is 4.16. The number of hydrogen-bond acceptors (Lipinski definition) is 3. The summed E-state index contributed by atoms with van der Waals surface area (Å²) in [4.78, 5) is 31.3. The molecule has 6 heteroatoms. The summed E-state index contributed by atoms with van der Waals surface area (Å²) in [5.74, 6) is 0.0767. The summed E-state index contributed by atoms with van der Waals surface area (Å²) in [5, 5.41) is 2.98. The molecule has 0 bridgehead atoms. The summed E-state index contributed by atoms with van der Waals surface area (Å²) in [5.41, 5.74) is 1.55. The molecule has 2 rings (SSSR count). The standard InChI is InChI=1S/C18H30N4O2/c1-5-9-21(10-6-2)18(24)16-15-8-7-14(11-22(15)12-19-16)17(23)20-13(3)4/h12-14H,5-11H2,1-4H3,(H,20,23). The van der Waals surface area contributed by atoms with Crippen LogP contribution < -0.4 is 5.32 Å². The zero-order chi connectivity index (χ0) is 17.7. The molecule has 1 atom stereocenters. The van der Waals surface area contributed by atoms with E-state index in [0.29, 0.717) is 12.2 Å². The van der Waals surface area contributed by atoms with E-state index in [1.807, 2.05) is 23.3 Å². The number of carbonyl (C=O) groups excluding carboxylic acids is 2. The van der Waals surface area contributed by atoms with Crippen LogP contribution in [0.3, 0.4) is 0 Å². The maximum absolute atomic E-state index is 12.8. The molecule has 1 N–H and O–H groups in total. The predicted octanol–water partition coefficient (Wildman–Crippen LogP) is 2.23. The third-order valence-electron chi connectivity index (χ3n) is 4.37. The SMILES string of the molecule is CCCN(CCC)C(=O)c1ncn2c1CCC(C(=O)NC(C)C)C2. The summed E-state index contributed by atoms with van der Waals surface area (Å²) >= 11 is 0. The molecule has 1 aromatic rings. The average Bonchev–Trinajstić information content (AvgIpc) is 2.96. The highest BCUT2D eigenvalue weighted by molar-refractivity contribution is 5.93. The second kappa shape index (κ2) is 8.31. The highest BCUT2D eigenvalue weighted by atomic mass is 16.2. The van der Waals surface area contributed by atoms with Crippen LogP contribution in [0, 0.1) is 5.92 Å². The van der Waals surface area contributed by atoms with Gasteiger partial charge in [-0.2, -0.15) is 0 Å². The van der Waals surface area contributed by atoms with Crippen LogP contribution in [0.1, 0.15) is 63.1 Å². The van der Waals surface area contributed by atoms with Crippen LogP contribution in [0.25, 0.3) is 0 Å². The average molecular weight is 334 g/mol. The Morgan fingerprint density at radius 3 is 2.58 bits per heavy atom. The Morgan fingerprint density at radius 2 is 2.00 bits per heavy atom. The monoisotopic (exact) mass is 334 g/mol. The molecule has 24 heavy (non-hydrogen) atoms. The molecule has 0 radical (unpaired) electrons. The molecule has 0 saturated carbocycles. The second-order valence-corrected chi connectivity index (χ2v) is 6.88. The number of amides is 2. The zero-order valence-electron chi connectivity index (χ0n) is 15.3. The number of carbonyl (C=O) groups is 2. The van der Waals surface area contributed by atoms with Gasteiger partial charge in [0.1, 0.15) is 5.69 Å². The van der Waals surface area contributed by atoms with Crippen molar-refractivity contribution >= 4 is 11.8 Å². The Morgan fingerprint density at radius 1 is 1.33 bits per heavy atom. The van der Waals surface area contributed by atoms with Crippen LogP contribution in [0.5, 0.6) is 0 Å². The predicted molar refractivity (Wildman–Crippen MR) is 93.8 cm³/mol. The molecule has 0 spiro atoms. The minimum absolute atomic E-state index is 0.0255. The van der Waals surface area contributed by atoms with Gasteiger partial charge >= 0.3 is 0 Å². The molecule has 2 heterocycles. The Hall–Kier alpha value is -1.85. The number of aromatic nitrogens is 2. The van der Waals surface area contributed by atoms with Crippen LogP contribution in [-0.2, 0) is 17.8 Å². The lowest BCUT2D eigenvalue weighted by Gasteiger charge is -2.26. The van der Waals surface area contributed by atoms with E-state index in [1.165, 1.54) is 0 Å². The molecule has 1 aromatic heterocycles. The van der Waals surface area contributed by atoms with Crippen molar-refractivity contribution in [1.29, 1.82) is 0 Å². The summed E-state index contributed by atoms with van der Waals surface area (Å²) in [7, 11) is 0. The van der Waals surface area contributed by atoms with Gasteiger partial charge in [0.15, 0.2) is 0 Å². The topological polar surface area (TPSA) is 67.2 Å². The van der Waals surface area contributed by atoms with Gasteiger partial charge in [0.25, 0.3) is 5.91 Å². The molecule has 0 aliphatic carbocycles. The van der Waals surface area contributed by atoms with Gasteiger partial charge in [0.2, 0.25) is 5.91 Å².